The highest BCUT2D eigenvalue weighted by Crippen LogP contribution is 2.33. The molecule has 1 N–H and O–H groups in total. The molecule has 5 rings (SSSR count). The van der Waals surface area contributed by atoms with Gasteiger partial charge in [-0.05, 0) is 40.8 Å². The summed E-state index contributed by atoms with van der Waals surface area (Å²) in [6.07, 6.45) is 0.868. The van der Waals surface area contributed by atoms with E-state index < -0.39 is 5.97 Å². The molecule has 0 saturated carbocycles. The molecule has 0 bridgehead atoms. The quantitative estimate of drug-likeness (QED) is 0.586. The molecule has 3 aromatic carbocycles. The minimum absolute atomic E-state index is 0.222. The number of fused-ring (bicyclic) bond motifs is 1. The van der Waals surface area contributed by atoms with Crippen LogP contribution in [0.15, 0.2) is 77.8 Å². The number of ether oxygens (including phenoxy) is 1. The number of carboxylic acid groups (broad SMARTS) is 1. The van der Waals surface area contributed by atoms with E-state index in [4.69, 9.17) is 14.8 Å². The molecule has 5 nitrogen and oxygen atoms in total. The fourth-order valence-electron chi connectivity index (χ4n) is 4.10. The van der Waals surface area contributed by atoms with Crippen LogP contribution in [0.25, 0.3) is 0 Å². The molecular weight excluding hydrogens is 419 g/mol. The van der Waals surface area contributed by atoms with Crippen molar-refractivity contribution in [1.82, 2.24) is 4.90 Å². The molecule has 0 unspecified atom stereocenters. The van der Waals surface area contributed by atoms with Crippen molar-refractivity contribution in [3.05, 3.63) is 95.1 Å². The highest BCUT2D eigenvalue weighted by atomic mass is 19.1. The first kappa shape index (κ1) is 22.7. The summed E-state index contributed by atoms with van der Waals surface area (Å²) in [5.74, 6) is -0.100. The Balaban J connectivity index is 0.00000126. The zero-order chi connectivity index (χ0) is 23.2. The fraction of sp³-hybridized carbons (Fsp3) is 0.259. The number of alkyl halides is 1. The summed E-state index contributed by atoms with van der Waals surface area (Å²) < 4.78 is 15.5. The van der Waals surface area contributed by atoms with Crippen molar-refractivity contribution in [1.29, 1.82) is 0 Å². The van der Waals surface area contributed by atoms with Crippen LogP contribution >= 0.6 is 0 Å². The third-order valence-corrected chi connectivity index (χ3v) is 5.89. The van der Waals surface area contributed by atoms with E-state index in [0.717, 1.165) is 35.7 Å². The lowest BCUT2D eigenvalue weighted by Crippen LogP contribution is -2.49. The number of benzene rings is 3. The lowest BCUT2D eigenvalue weighted by Gasteiger charge is -2.36. The largest absolute Gasteiger partial charge is 0.485 e. The molecule has 0 aliphatic carbocycles. The highest BCUT2D eigenvalue weighted by molar-refractivity contribution is 6.04. The van der Waals surface area contributed by atoms with Gasteiger partial charge in [-0.25, -0.2) is 4.99 Å². The third-order valence-electron chi connectivity index (χ3n) is 5.89. The smallest absolute Gasteiger partial charge is 0.309 e. The summed E-state index contributed by atoms with van der Waals surface area (Å²) in [6.45, 7) is 2.48. The Bertz CT molecular complexity index is 1120. The van der Waals surface area contributed by atoms with Crippen molar-refractivity contribution in [2.75, 3.05) is 26.9 Å². The van der Waals surface area contributed by atoms with Crippen LogP contribution in [0.1, 0.15) is 22.3 Å². The van der Waals surface area contributed by atoms with Crippen LogP contribution in [-0.2, 0) is 17.8 Å². The molecule has 3 aromatic rings. The zero-order valence-corrected chi connectivity index (χ0v) is 18.6. The van der Waals surface area contributed by atoms with Gasteiger partial charge in [0.2, 0.25) is 0 Å². The maximum absolute atomic E-state index is 10.9. The minimum Gasteiger partial charge on any atom is -0.485 e. The van der Waals surface area contributed by atoms with Gasteiger partial charge in [0.15, 0.2) is 0 Å². The number of likely N-dealkylation sites (tertiary alicyclic amines) is 1. The van der Waals surface area contributed by atoms with Crippen LogP contribution in [0.4, 0.5) is 10.1 Å². The van der Waals surface area contributed by atoms with Gasteiger partial charge < -0.3 is 9.84 Å². The predicted molar refractivity (Wildman–Crippen MR) is 127 cm³/mol. The molecule has 170 valence electrons. The number of hydrogen-bond acceptors (Lipinski definition) is 4. The number of nitrogens with zero attached hydrogens (tertiary/aromatic N) is 2. The van der Waals surface area contributed by atoms with E-state index >= 15 is 0 Å². The Morgan fingerprint density at radius 3 is 2.39 bits per heavy atom. The lowest BCUT2D eigenvalue weighted by molar-refractivity contribution is -0.147. The van der Waals surface area contributed by atoms with E-state index in [1.54, 1.807) is 0 Å². The molecule has 6 heteroatoms. The molecule has 0 spiro atoms. The molecule has 0 aromatic heterocycles. The second-order valence-electron chi connectivity index (χ2n) is 8.24. The lowest BCUT2D eigenvalue weighted by atomic mass is 9.99. The number of aliphatic imine (C=N–C) groups is 1. The van der Waals surface area contributed by atoms with E-state index in [-0.39, 0.29) is 5.92 Å². The van der Waals surface area contributed by atoms with Crippen LogP contribution in [0, 0.1) is 5.92 Å². The van der Waals surface area contributed by atoms with Crippen molar-refractivity contribution in [2.45, 2.75) is 13.0 Å². The summed E-state index contributed by atoms with van der Waals surface area (Å²) >= 11 is 0. The van der Waals surface area contributed by atoms with Gasteiger partial charge in [-0.3, -0.25) is 14.1 Å². The second-order valence-corrected chi connectivity index (χ2v) is 8.24. The van der Waals surface area contributed by atoms with Gasteiger partial charge in [0.1, 0.15) is 18.0 Å². The van der Waals surface area contributed by atoms with E-state index in [1.165, 1.54) is 16.7 Å². The van der Waals surface area contributed by atoms with Gasteiger partial charge in [0.25, 0.3) is 0 Å². The van der Waals surface area contributed by atoms with Crippen molar-refractivity contribution in [3.8, 4) is 5.75 Å². The number of carboxylic acids is 1. The second kappa shape index (κ2) is 10.4. The predicted octanol–water partition coefficient (Wildman–Crippen LogP) is 4.89. The first-order valence-electron chi connectivity index (χ1n) is 10.9. The summed E-state index contributed by atoms with van der Waals surface area (Å²) in [7, 11) is 0.500. The third kappa shape index (κ3) is 5.46. The zero-order valence-electron chi connectivity index (χ0n) is 18.6. The Morgan fingerprint density at radius 1 is 1.00 bits per heavy atom. The number of hydrogen-bond donors (Lipinski definition) is 1. The van der Waals surface area contributed by atoms with E-state index in [0.29, 0.717) is 26.9 Å². The van der Waals surface area contributed by atoms with Gasteiger partial charge in [0.05, 0.1) is 18.8 Å². The molecule has 0 atom stereocenters. The standard InChI is InChI=1S/C26H24N2O3.CH3F/c29-26(30)22-15-28(16-22)14-19-6-9-21(10-7-19)24-17-31-25-11-8-20(13-23(25)27-24)12-18-4-2-1-3-5-18;1-2/h1-11,13,22H,12,14-17H2,(H,29,30);1H3. The number of aliphatic carboxylic acids is 1. The van der Waals surface area contributed by atoms with E-state index in [1.807, 2.05) is 12.1 Å². The topological polar surface area (TPSA) is 62.1 Å². The Hall–Kier alpha value is -3.51. The van der Waals surface area contributed by atoms with E-state index in [2.05, 4.69) is 65.6 Å². The first-order chi connectivity index (χ1) is 16.1. The first-order valence-corrected chi connectivity index (χ1v) is 10.9. The molecule has 0 amide bonds. The summed E-state index contributed by atoms with van der Waals surface area (Å²) in [5.41, 5.74) is 6.51. The normalized spacial score (nSPS) is 15.3. The van der Waals surface area contributed by atoms with Gasteiger partial charge >= 0.3 is 5.97 Å². The van der Waals surface area contributed by atoms with Crippen LogP contribution in [0.3, 0.4) is 0 Å². The average molecular weight is 447 g/mol. The Morgan fingerprint density at radius 2 is 1.70 bits per heavy atom. The van der Waals surface area contributed by atoms with Gasteiger partial charge in [-0.2, -0.15) is 0 Å². The van der Waals surface area contributed by atoms with Crippen LogP contribution in [-0.4, -0.2) is 48.6 Å². The molecule has 2 aliphatic heterocycles. The van der Waals surface area contributed by atoms with Gasteiger partial charge in [0, 0.05) is 19.6 Å². The minimum atomic E-state index is -0.700. The molecule has 2 aliphatic rings. The van der Waals surface area contributed by atoms with Crippen molar-refractivity contribution in [2.24, 2.45) is 10.9 Å². The monoisotopic (exact) mass is 446 g/mol. The molecule has 0 radical (unpaired) electrons. The molecule has 33 heavy (non-hydrogen) atoms. The number of halogens is 1. The maximum Gasteiger partial charge on any atom is 0.309 e. The van der Waals surface area contributed by atoms with Crippen molar-refractivity contribution >= 4 is 17.4 Å². The Labute approximate surface area is 193 Å². The molecule has 1 fully saturated rings. The average Bonchev–Trinajstić information content (AvgIpc) is 2.83. The maximum atomic E-state index is 10.9. The fourth-order valence-corrected chi connectivity index (χ4v) is 4.10. The number of carbonyl (C=O) groups is 1. The molecule has 2 heterocycles. The van der Waals surface area contributed by atoms with Crippen LogP contribution in [0.2, 0.25) is 0 Å². The summed E-state index contributed by atoms with van der Waals surface area (Å²) in [5, 5.41) is 9.01. The van der Waals surface area contributed by atoms with Crippen LogP contribution < -0.4 is 4.74 Å². The summed E-state index contributed by atoms with van der Waals surface area (Å²) in [4.78, 5) is 18.0. The van der Waals surface area contributed by atoms with Crippen LogP contribution in [0.5, 0.6) is 5.75 Å². The Kier molecular flexibility index (Phi) is 7.15. The van der Waals surface area contributed by atoms with Crippen molar-refractivity contribution in [3.63, 3.8) is 0 Å². The van der Waals surface area contributed by atoms with Gasteiger partial charge in [-0.1, -0.05) is 60.7 Å². The SMILES string of the molecule is CF.O=C(O)C1CN(Cc2ccc(C3=Nc4cc(Cc5ccccc5)ccc4OC3)cc2)C1. The van der Waals surface area contributed by atoms with Crippen molar-refractivity contribution < 1.29 is 19.0 Å². The van der Waals surface area contributed by atoms with E-state index in [9.17, 15) is 9.18 Å². The van der Waals surface area contributed by atoms with Gasteiger partial charge in [-0.15, -0.1) is 0 Å². The highest BCUT2D eigenvalue weighted by Gasteiger charge is 2.32. The summed E-state index contributed by atoms with van der Waals surface area (Å²) in [6, 6.07) is 25.0. The number of rotatable bonds is 6. The molecular formula is C27H27FN2O3. The molecule has 1 saturated heterocycles.